The van der Waals surface area contributed by atoms with Gasteiger partial charge < -0.3 is 9.40 Å². The van der Waals surface area contributed by atoms with Gasteiger partial charge in [-0.15, -0.1) is 0 Å². The van der Waals surface area contributed by atoms with Gasteiger partial charge in [0, 0.05) is 21.7 Å². The van der Waals surface area contributed by atoms with Gasteiger partial charge >= 0.3 is 0 Å². The number of furan rings is 1. The van der Waals surface area contributed by atoms with Crippen LogP contribution in [-0.2, 0) is 0 Å². The molecule has 100 valence electrons. The normalized spacial score (nSPS) is 12.0. The minimum Gasteiger partial charge on any atom is -0.455 e. The number of aromatic amines is 1. The van der Waals surface area contributed by atoms with E-state index in [-0.39, 0.29) is 5.82 Å². The van der Waals surface area contributed by atoms with Gasteiger partial charge in [-0.3, -0.25) is 0 Å². The van der Waals surface area contributed by atoms with Crippen LogP contribution in [-0.4, -0.2) is 4.98 Å². The highest BCUT2D eigenvalue weighted by Crippen LogP contribution is 2.37. The smallest absolute Gasteiger partial charge is 0.145 e. The SMILES string of the molecule is Fc1ccc2oc3c(ccc4[nH]c5ccccc5c43)c2c1. The number of nitrogens with one attached hydrogen (secondary N) is 1. The molecule has 0 saturated heterocycles. The van der Waals surface area contributed by atoms with Gasteiger partial charge in [0.15, 0.2) is 0 Å². The molecule has 1 N–H and O–H groups in total. The largest absolute Gasteiger partial charge is 0.455 e. The highest BCUT2D eigenvalue weighted by atomic mass is 19.1. The summed E-state index contributed by atoms with van der Waals surface area (Å²) < 4.78 is 19.5. The molecule has 5 aromatic rings. The molecule has 0 amide bonds. The molecule has 3 heteroatoms. The number of rotatable bonds is 0. The van der Waals surface area contributed by atoms with E-state index >= 15 is 0 Å². The number of hydrogen-bond donors (Lipinski definition) is 1. The highest BCUT2D eigenvalue weighted by Gasteiger charge is 2.14. The van der Waals surface area contributed by atoms with Crippen LogP contribution in [0, 0.1) is 5.82 Å². The maximum atomic E-state index is 13.5. The van der Waals surface area contributed by atoms with E-state index in [4.69, 9.17) is 4.42 Å². The summed E-state index contributed by atoms with van der Waals surface area (Å²) in [5.74, 6) is -0.246. The van der Waals surface area contributed by atoms with E-state index in [2.05, 4.69) is 11.1 Å². The Balaban J connectivity index is 2.10. The van der Waals surface area contributed by atoms with Gasteiger partial charge in [-0.1, -0.05) is 18.2 Å². The summed E-state index contributed by atoms with van der Waals surface area (Å²) in [5, 5.41) is 3.94. The van der Waals surface area contributed by atoms with Crippen molar-refractivity contribution < 1.29 is 8.81 Å². The Bertz CT molecular complexity index is 1150. The standard InChI is InChI=1S/C18H10FNO/c19-10-5-8-16-13(9-10)11-6-7-15-17(18(11)21-16)12-3-1-2-4-14(12)20-15/h1-9,20H. The molecule has 0 aliphatic heterocycles. The first-order valence-electron chi connectivity index (χ1n) is 6.82. The third-order valence-corrected chi connectivity index (χ3v) is 4.07. The van der Waals surface area contributed by atoms with Crippen LogP contribution in [0.2, 0.25) is 0 Å². The molecule has 0 spiro atoms. The summed E-state index contributed by atoms with van der Waals surface area (Å²) in [6.45, 7) is 0. The number of para-hydroxylation sites is 1. The molecule has 0 bridgehead atoms. The summed E-state index contributed by atoms with van der Waals surface area (Å²) in [7, 11) is 0. The molecule has 0 radical (unpaired) electrons. The first kappa shape index (κ1) is 10.9. The number of H-pyrrole nitrogens is 1. The molecule has 2 nitrogen and oxygen atoms in total. The van der Waals surface area contributed by atoms with Crippen LogP contribution in [0.5, 0.6) is 0 Å². The Kier molecular flexibility index (Phi) is 1.89. The second-order valence-electron chi connectivity index (χ2n) is 5.28. The average molecular weight is 275 g/mol. The summed E-state index contributed by atoms with van der Waals surface area (Å²) in [4.78, 5) is 3.39. The quantitative estimate of drug-likeness (QED) is 0.405. The van der Waals surface area contributed by atoms with Crippen LogP contribution in [0.15, 0.2) is 59.0 Å². The molecule has 2 heterocycles. The molecule has 0 fully saturated rings. The van der Waals surface area contributed by atoms with Gasteiger partial charge in [0.25, 0.3) is 0 Å². The fraction of sp³-hybridized carbons (Fsp3) is 0. The lowest BCUT2D eigenvalue weighted by atomic mass is 10.1. The number of hydrogen-bond acceptors (Lipinski definition) is 1. The van der Waals surface area contributed by atoms with Gasteiger partial charge in [0.05, 0.1) is 10.9 Å². The highest BCUT2D eigenvalue weighted by molar-refractivity contribution is 6.22. The van der Waals surface area contributed by atoms with Crippen LogP contribution < -0.4 is 0 Å². The van der Waals surface area contributed by atoms with E-state index in [9.17, 15) is 4.39 Å². The zero-order valence-electron chi connectivity index (χ0n) is 11.0. The van der Waals surface area contributed by atoms with Crippen molar-refractivity contribution >= 4 is 43.7 Å². The Morgan fingerprint density at radius 3 is 2.67 bits per heavy atom. The number of aromatic nitrogens is 1. The van der Waals surface area contributed by atoms with E-state index in [1.54, 1.807) is 6.07 Å². The van der Waals surface area contributed by atoms with Crippen LogP contribution >= 0.6 is 0 Å². The van der Waals surface area contributed by atoms with Crippen LogP contribution in [0.4, 0.5) is 4.39 Å². The average Bonchev–Trinajstić information content (AvgIpc) is 3.04. The monoisotopic (exact) mass is 275 g/mol. The Morgan fingerprint density at radius 1 is 0.810 bits per heavy atom. The van der Waals surface area contributed by atoms with Gasteiger partial charge in [-0.05, 0) is 36.4 Å². The van der Waals surface area contributed by atoms with Crippen LogP contribution in [0.3, 0.4) is 0 Å². The topological polar surface area (TPSA) is 28.9 Å². The third-order valence-electron chi connectivity index (χ3n) is 4.07. The lowest BCUT2D eigenvalue weighted by Gasteiger charge is -1.93. The van der Waals surface area contributed by atoms with Crippen molar-refractivity contribution in [3.63, 3.8) is 0 Å². The van der Waals surface area contributed by atoms with Gasteiger partial charge in [-0.2, -0.15) is 0 Å². The maximum Gasteiger partial charge on any atom is 0.145 e. The lowest BCUT2D eigenvalue weighted by molar-refractivity contribution is 0.626. The van der Waals surface area contributed by atoms with Crippen molar-refractivity contribution in [1.82, 2.24) is 4.98 Å². The molecule has 0 aliphatic rings. The summed E-state index contributed by atoms with van der Waals surface area (Å²) in [6.07, 6.45) is 0. The molecule has 0 unspecified atom stereocenters. The molecule has 3 aromatic carbocycles. The summed E-state index contributed by atoms with van der Waals surface area (Å²) in [6, 6.07) is 16.8. The molecule has 0 atom stereocenters. The molecular weight excluding hydrogens is 265 g/mol. The van der Waals surface area contributed by atoms with Crippen molar-refractivity contribution in [3.8, 4) is 0 Å². The molecular formula is C18H10FNO. The summed E-state index contributed by atoms with van der Waals surface area (Å²) in [5.41, 5.74) is 3.63. The third kappa shape index (κ3) is 1.35. The van der Waals surface area contributed by atoms with Gasteiger partial charge in [0.2, 0.25) is 0 Å². The molecule has 0 aliphatic carbocycles. The lowest BCUT2D eigenvalue weighted by Crippen LogP contribution is -1.72. The molecule has 2 aromatic heterocycles. The molecule has 5 rings (SSSR count). The molecule has 21 heavy (non-hydrogen) atoms. The van der Waals surface area contributed by atoms with Crippen molar-refractivity contribution in [1.29, 1.82) is 0 Å². The second-order valence-corrected chi connectivity index (χ2v) is 5.28. The van der Waals surface area contributed by atoms with Crippen molar-refractivity contribution in [2.24, 2.45) is 0 Å². The van der Waals surface area contributed by atoms with E-state index < -0.39 is 0 Å². The zero-order chi connectivity index (χ0) is 14.0. The second kappa shape index (κ2) is 3.64. The van der Waals surface area contributed by atoms with Crippen molar-refractivity contribution in [2.75, 3.05) is 0 Å². The molecule has 0 saturated carbocycles. The summed E-state index contributed by atoms with van der Waals surface area (Å²) >= 11 is 0. The first-order chi connectivity index (χ1) is 10.3. The number of fused-ring (bicyclic) bond motifs is 7. The number of halogens is 1. The van der Waals surface area contributed by atoms with Crippen LogP contribution in [0.1, 0.15) is 0 Å². The van der Waals surface area contributed by atoms with Crippen molar-refractivity contribution in [2.45, 2.75) is 0 Å². The Morgan fingerprint density at radius 2 is 1.71 bits per heavy atom. The number of benzene rings is 3. The maximum absolute atomic E-state index is 13.5. The fourth-order valence-corrected chi connectivity index (χ4v) is 3.14. The Hall–Kier alpha value is -2.81. The first-order valence-corrected chi connectivity index (χ1v) is 6.82. The van der Waals surface area contributed by atoms with Crippen LogP contribution in [0.25, 0.3) is 43.7 Å². The predicted octanol–water partition coefficient (Wildman–Crippen LogP) is 5.36. The fourth-order valence-electron chi connectivity index (χ4n) is 3.14. The van der Waals surface area contributed by atoms with E-state index in [1.165, 1.54) is 12.1 Å². The van der Waals surface area contributed by atoms with E-state index in [0.717, 1.165) is 38.2 Å². The Labute approximate surface area is 118 Å². The minimum absolute atomic E-state index is 0.246. The van der Waals surface area contributed by atoms with Crippen molar-refractivity contribution in [3.05, 3.63) is 60.4 Å². The minimum atomic E-state index is -0.246. The predicted molar refractivity (Wildman–Crippen MR) is 83.0 cm³/mol. The van der Waals surface area contributed by atoms with E-state index in [1.807, 2.05) is 30.3 Å². The zero-order valence-corrected chi connectivity index (χ0v) is 11.0. The van der Waals surface area contributed by atoms with Gasteiger partial charge in [-0.25, -0.2) is 4.39 Å². The van der Waals surface area contributed by atoms with E-state index in [0.29, 0.717) is 5.58 Å². The van der Waals surface area contributed by atoms with Gasteiger partial charge in [0.1, 0.15) is 17.0 Å².